The molecule has 114 valence electrons. The molecule has 20 heavy (non-hydrogen) atoms. The summed E-state index contributed by atoms with van der Waals surface area (Å²) in [5, 5.41) is 5.60. The van der Waals surface area contributed by atoms with Gasteiger partial charge in [0.25, 0.3) is 0 Å². The van der Waals surface area contributed by atoms with E-state index in [1.165, 1.54) is 25.6 Å². The summed E-state index contributed by atoms with van der Waals surface area (Å²) in [6.45, 7) is 10.7. The molecule has 0 heterocycles. The van der Waals surface area contributed by atoms with Gasteiger partial charge in [-0.15, -0.1) is 0 Å². The minimum absolute atomic E-state index is 0.0269. The quantitative estimate of drug-likeness (QED) is 0.668. The Hall–Kier alpha value is -1.30. The van der Waals surface area contributed by atoms with Crippen LogP contribution in [0.2, 0.25) is 0 Å². The Morgan fingerprint density at radius 1 is 1.15 bits per heavy atom. The molecule has 0 fully saturated rings. The first-order valence-corrected chi connectivity index (χ1v) is 7.48. The van der Waals surface area contributed by atoms with Gasteiger partial charge in [0.2, 0.25) is 16.9 Å². The van der Waals surface area contributed by atoms with Crippen molar-refractivity contribution in [3.05, 3.63) is 12.2 Å². The Morgan fingerprint density at radius 2 is 1.75 bits per heavy atom. The van der Waals surface area contributed by atoms with Crippen molar-refractivity contribution in [3.63, 3.8) is 0 Å². The van der Waals surface area contributed by atoms with Gasteiger partial charge in [-0.05, 0) is 25.3 Å². The summed E-state index contributed by atoms with van der Waals surface area (Å²) in [4.78, 5) is 33.6. The van der Waals surface area contributed by atoms with E-state index in [2.05, 4.69) is 17.2 Å². The first-order valence-electron chi connectivity index (χ1n) is 6.60. The van der Waals surface area contributed by atoms with Crippen LogP contribution in [0.4, 0.5) is 0 Å². The maximum absolute atomic E-state index is 11.6. The second-order valence-corrected chi connectivity index (χ2v) is 6.31. The molecule has 0 aromatic heterocycles. The molecular weight excluding hydrogens is 276 g/mol. The molecule has 0 aliphatic carbocycles. The van der Waals surface area contributed by atoms with E-state index in [0.717, 1.165) is 0 Å². The monoisotopic (exact) mass is 300 g/mol. The number of hydrogen-bond donors (Lipinski definition) is 2. The number of carbonyl (C=O) groups excluding carboxylic acids is 3. The molecule has 0 aliphatic rings. The smallest absolute Gasteiger partial charge is 0.217 e. The average molecular weight is 300 g/mol. The van der Waals surface area contributed by atoms with Crippen LogP contribution in [0.25, 0.3) is 0 Å². The summed E-state index contributed by atoms with van der Waals surface area (Å²) < 4.78 is 0. The number of thioether (sulfide) groups is 1. The van der Waals surface area contributed by atoms with Crippen LogP contribution in [0.3, 0.4) is 0 Å². The summed E-state index contributed by atoms with van der Waals surface area (Å²) >= 11 is 1.23. The third-order valence-electron chi connectivity index (χ3n) is 2.55. The van der Waals surface area contributed by atoms with Crippen molar-refractivity contribution < 1.29 is 14.4 Å². The maximum atomic E-state index is 11.6. The molecule has 0 bridgehead atoms. The van der Waals surface area contributed by atoms with E-state index < -0.39 is 0 Å². The average Bonchev–Trinajstić information content (AvgIpc) is 2.26. The van der Waals surface area contributed by atoms with Crippen LogP contribution in [0.5, 0.6) is 0 Å². The Kier molecular flexibility index (Phi) is 8.96. The molecule has 0 saturated heterocycles. The predicted octanol–water partition coefficient (Wildman–Crippen LogP) is 1.63. The molecule has 0 rings (SSSR count). The fourth-order valence-corrected chi connectivity index (χ4v) is 2.59. The second-order valence-electron chi connectivity index (χ2n) is 4.90. The molecule has 2 amide bonds. The largest absolute Gasteiger partial charge is 0.356 e. The van der Waals surface area contributed by atoms with Gasteiger partial charge in [-0.1, -0.05) is 25.3 Å². The lowest BCUT2D eigenvalue weighted by Gasteiger charge is -2.21. The summed E-state index contributed by atoms with van der Waals surface area (Å²) in [6.07, 6.45) is 1.31. The molecule has 2 unspecified atom stereocenters. The molecule has 0 aromatic carbocycles. The van der Waals surface area contributed by atoms with Gasteiger partial charge < -0.3 is 10.6 Å². The van der Waals surface area contributed by atoms with Crippen molar-refractivity contribution in [2.24, 2.45) is 0 Å². The van der Waals surface area contributed by atoms with Gasteiger partial charge in [0.05, 0.1) is 0 Å². The highest BCUT2D eigenvalue weighted by Gasteiger charge is 2.17. The second kappa shape index (κ2) is 9.58. The van der Waals surface area contributed by atoms with Gasteiger partial charge in [-0.25, -0.2) is 0 Å². The zero-order valence-electron chi connectivity index (χ0n) is 12.6. The van der Waals surface area contributed by atoms with E-state index in [-0.39, 0.29) is 28.2 Å². The van der Waals surface area contributed by atoms with Crippen LogP contribution < -0.4 is 10.6 Å². The Bertz CT molecular complexity index is 383. The summed E-state index contributed by atoms with van der Waals surface area (Å²) in [5.41, 5.74) is 0.524. The van der Waals surface area contributed by atoms with Gasteiger partial charge in [0, 0.05) is 31.7 Å². The zero-order valence-corrected chi connectivity index (χ0v) is 13.4. The van der Waals surface area contributed by atoms with E-state index in [1.54, 1.807) is 6.92 Å². The topological polar surface area (TPSA) is 75.3 Å². The fraction of sp³-hybridized carbons (Fsp3) is 0.643. The van der Waals surface area contributed by atoms with E-state index in [4.69, 9.17) is 0 Å². The minimum atomic E-state index is -0.110. The molecule has 0 aromatic rings. The standard InChI is InChI=1S/C14H24N2O3S/c1-9(2)14(19)20-10(3)8-13(16-12(5)18)6-7-15-11(4)17/h10,13H,1,6-8H2,2-5H3,(H,15,17)(H,16,18). The van der Waals surface area contributed by atoms with Crippen LogP contribution >= 0.6 is 11.8 Å². The van der Waals surface area contributed by atoms with Gasteiger partial charge in [-0.3, -0.25) is 14.4 Å². The Balaban J connectivity index is 4.32. The van der Waals surface area contributed by atoms with Crippen molar-refractivity contribution in [2.75, 3.05) is 6.54 Å². The number of hydrogen-bond acceptors (Lipinski definition) is 4. The van der Waals surface area contributed by atoms with Crippen LogP contribution in [0, 0.1) is 0 Å². The maximum Gasteiger partial charge on any atom is 0.217 e. The molecule has 0 spiro atoms. The van der Waals surface area contributed by atoms with E-state index >= 15 is 0 Å². The predicted molar refractivity (Wildman–Crippen MR) is 82.4 cm³/mol. The number of carbonyl (C=O) groups is 3. The highest BCUT2D eigenvalue weighted by atomic mass is 32.2. The molecule has 5 nitrogen and oxygen atoms in total. The van der Waals surface area contributed by atoms with E-state index in [1.807, 2.05) is 6.92 Å². The third-order valence-corrected chi connectivity index (χ3v) is 3.70. The van der Waals surface area contributed by atoms with Gasteiger partial charge in [0.15, 0.2) is 0 Å². The molecule has 0 aliphatic heterocycles. The molecule has 6 heteroatoms. The number of nitrogens with one attached hydrogen (secondary N) is 2. The first-order chi connectivity index (χ1) is 9.22. The van der Waals surface area contributed by atoms with Crippen molar-refractivity contribution >= 4 is 28.7 Å². The van der Waals surface area contributed by atoms with Crippen LogP contribution in [-0.2, 0) is 14.4 Å². The molecule has 0 saturated carbocycles. The minimum Gasteiger partial charge on any atom is -0.356 e. The SMILES string of the molecule is C=C(C)C(=O)SC(C)CC(CCNC(C)=O)NC(C)=O. The van der Waals surface area contributed by atoms with Gasteiger partial charge in [0.1, 0.15) is 0 Å². The van der Waals surface area contributed by atoms with Gasteiger partial charge in [-0.2, -0.15) is 0 Å². The fourth-order valence-electron chi connectivity index (χ4n) is 1.69. The van der Waals surface area contributed by atoms with Crippen molar-refractivity contribution in [3.8, 4) is 0 Å². The third kappa shape index (κ3) is 9.61. The lowest BCUT2D eigenvalue weighted by Crippen LogP contribution is -2.38. The normalized spacial score (nSPS) is 13.2. The summed E-state index contributed by atoms with van der Waals surface area (Å²) in [6, 6.07) is -0.0558. The summed E-state index contributed by atoms with van der Waals surface area (Å²) in [7, 11) is 0. The molecule has 2 atom stereocenters. The van der Waals surface area contributed by atoms with Crippen LogP contribution in [0.15, 0.2) is 12.2 Å². The zero-order chi connectivity index (χ0) is 15.7. The highest BCUT2D eigenvalue weighted by Crippen LogP contribution is 2.20. The lowest BCUT2D eigenvalue weighted by molar-refractivity contribution is -0.119. The Morgan fingerprint density at radius 3 is 2.20 bits per heavy atom. The number of amides is 2. The summed E-state index contributed by atoms with van der Waals surface area (Å²) in [5.74, 6) is -0.201. The van der Waals surface area contributed by atoms with E-state index in [9.17, 15) is 14.4 Å². The van der Waals surface area contributed by atoms with Gasteiger partial charge >= 0.3 is 0 Å². The molecule has 0 radical (unpaired) electrons. The number of rotatable bonds is 8. The Labute approximate surface area is 125 Å². The first kappa shape index (κ1) is 18.7. The van der Waals surface area contributed by atoms with Crippen molar-refractivity contribution in [2.45, 2.75) is 51.8 Å². The molecular formula is C14H24N2O3S. The van der Waals surface area contributed by atoms with Crippen molar-refractivity contribution in [1.29, 1.82) is 0 Å². The van der Waals surface area contributed by atoms with Crippen molar-refractivity contribution in [1.82, 2.24) is 10.6 Å². The van der Waals surface area contributed by atoms with Crippen LogP contribution in [0.1, 0.15) is 40.5 Å². The van der Waals surface area contributed by atoms with E-state index in [0.29, 0.717) is 25.0 Å². The lowest BCUT2D eigenvalue weighted by atomic mass is 10.1. The van der Waals surface area contributed by atoms with Crippen LogP contribution in [-0.4, -0.2) is 34.8 Å². The highest BCUT2D eigenvalue weighted by molar-refractivity contribution is 8.14. The molecule has 2 N–H and O–H groups in total.